The number of benzene rings is 4. The molecular formula is C37H35NO6. The van der Waals surface area contributed by atoms with Gasteiger partial charge in [0.25, 0.3) is 5.56 Å². The third-order valence-corrected chi connectivity index (χ3v) is 8.18. The first kappa shape index (κ1) is 29.4. The number of fused-ring (bicyclic) bond motifs is 1. The van der Waals surface area contributed by atoms with Gasteiger partial charge in [-0.25, -0.2) is 4.79 Å². The van der Waals surface area contributed by atoms with Crippen molar-refractivity contribution in [3.8, 4) is 16.9 Å². The third-order valence-electron chi connectivity index (χ3n) is 8.18. The van der Waals surface area contributed by atoms with Gasteiger partial charge in [0.2, 0.25) is 0 Å². The first-order valence-corrected chi connectivity index (χ1v) is 14.8. The van der Waals surface area contributed by atoms with Crippen molar-refractivity contribution in [2.45, 2.75) is 38.2 Å². The van der Waals surface area contributed by atoms with E-state index in [1.807, 2.05) is 72.8 Å². The zero-order valence-electron chi connectivity index (χ0n) is 24.9. The molecule has 0 aliphatic carbocycles. The standard InChI is InChI=1S/C37H35NO6/c1-41-30-17-18-43-35(21-30)29-10-6-7-26(19-29)24-44-31-15-16-32-33(27-8-4-3-5-9-27)22-36(39)38(34(32)20-31)23-25-11-13-28(14-12-25)37(40)42-2/h3-16,19-20,22,30,35H,17-18,21,23-24H2,1-2H3. The fraction of sp³-hybridized carbons (Fsp3) is 0.243. The monoisotopic (exact) mass is 589 g/mol. The van der Waals surface area contributed by atoms with Gasteiger partial charge in [-0.05, 0) is 64.6 Å². The number of carbonyl (C=O) groups excluding carboxylic acids is 1. The van der Waals surface area contributed by atoms with Crippen LogP contribution in [0.5, 0.6) is 5.75 Å². The van der Waals surface area contributed by atoms with E-state index in [-0.39, 0.29) is 17.8 Å². The number of ether oxygens (including phenoxy) is 4. The predicted octanol–water partition coefficient (Wildman–Crippen LogP) is 6.95. The van der Waals surface area contributed by atoms with Gasteiger partial charge in [-0.3, -0.25) is 4.79 Å². The van der Waals surface area contributed by atoms with E-state index in [9.17, 15) is 9.59 Å². The van der Waals surface area contributed by atoms with E-state index >= 15 is 0 Å². The Kier molecular flexibility index (Phi) is 8.86. The Morgan fingerprint density at radius 3 is 2.48 bits per heavy atom. The second-order valence-corrected chi connectivity index (χ2v) is 11.0. The van der Waals surface area contributed by atoms with Crippen molar-refractivity contribution in [3.63, 3.8) is 0 Å². The number of pyridine rings is 1. The summed E-state index contributed by atoms with van der Waals surface area (Å²) in [6, 6.07) is 32.9. The maximum atomic E-state index is 13.6. The lowest BCUT2D eigenvalue weighted by Gasteiger charge is -2.29. The van der Waals surface area contributed by atoms with Gasteiger partial charge in [0.15, 0.2) is 0 Å². The zero-order valence-corrected chi connectivity index (χ0v) is 24.9. The summed E-state index contributed by atoms with van der Waals surface area (Å²) in [5.74, 6) is 0.264. The molecule has 2 unspecified atom stereocenters. The van der Waals surface area contributed by atoms with Gasteiger partial charge in [0.1, 0.15) is 12.4 Å². The highest BCUT2D eigenvalue weighted by Gasteiger charge is 2.24. The molecule has 0 spiro atoms. The minimum absolute atomic E-state index is 0.00171. The SMILES string of the molecule is COC(=O)c1ccc(Cn2c(=O)cc(-c3ccccc3)c3ccc(OCc4cccc(C5CC(OC)CCO5)c4)cc32)cc1. The molecule has 44 heavy (non-hydrogen) atoms. The highest BCUT2D eigenvalue weighted by atomic mass is 16.5. The van der Waals surface area contributed by atoms with Crippen molar-refractivity contribution in [3.05, 3.63) is 136 Å². The molecule has 1 aromatic heterocycles. The Labute approximate surface area is 256 Å². The van der Waals surface area contributed by atoms with E-state index < -0.39 is 5.97 Å². The molecule has 0 amide bonds. The number of esters is 1. The third kappa shape index (κ3) is 6.44. The summed E-state index contributed by atoms with van der Waals surface area (Å²) in [6.45, 7) is 1.39. The average molecular weight is 590 g/mol. The van der Waals surface area contributed by atoms with Crippen molar-refractivity contribution >= 4 is 16.9 Å². The van der Waals surface area contributed by atoms with Gasteiger partial charge >= 0.3 is 5.97 Å². The van der Waals surface area contributed by atoms with E-state index in [4.69, 9.17) is 18.9 Å². The largest absolute Gasteiger partial charge is 0.489 e. The minimum Gasteiger partial charge on any atom is -0.489 e. The fourth-order valence-corrected chi connectivity index (χ4v) is 5.78. The molecule has 4 aromatic carbocycles. The van der Waals surface area contributed by atoms with Crippen LogP contribution in [0.2, 0.25) is 0 Å². The Hall–Kier alpha value is -4.72. The minimum atomic E-state index is -0.399. The van der Waals surface area contributed by atoms with Gasteiger partial charge in [-0.15, -0.1) is 0 Å². The number of methoxy groups -OCH3 is 2. The Balaban J connectivity index is 1.31. The second kappa shape index (κ2) is 13.3. The van der Waals surface area contributed by atoms with Crippen LogP contribution in [0.1, 0.15) is 46.0 Å². The number of hydrogen-bond donors (Lipinski definition) is 0. The molecule has 7 heteroatoms. The van der Waals surface area contributed by atoms with E-state index in [2.05, 4.69) is 12.1 Å². The first-order valence-electron chi connectivity index (χ1n) is 14.8. The summed E-state index contributed by atoms with van der Waals surface area (Å²) in [5, 5.41) is 0.943. The van der Waals surface area contributed by atoms with Crippen molar-refractivity contribution in [2.75, 3.05) is 20.8 Å². The molecule has 1 saturated heterocycles. The van der Waals surface area contributed by atoms with E-state index in [1.165, 1.54) is 7.11 Å². The van der Waals surface area contributed by atoms with Crippen molar-refractivity contribution < 1.29 is 23.7 Å². The summed E-state index contributed by atoms with van der Waals surface area (Å²) >= 11 is 0. The van der Waals surface area contributed by atoms with E-state index in [1.54, 1.807) is 29.9 Å². The molecule has 0 radical (unpaired) electrons. The van der Waals surface area contributed by atoms with Crippen LogP contribution in [0.15, 0.2) is 108 Å². The molecule has 0 saturated carbocycles. The maximum Gasteiger partial charge on any atom is 0.337 e. The molecular weight excluding hydrogens is 554 g/mol. The van der Waals surface area contributed by atoms with Gasteiger partial charge in [0.05, 0.1) is 36.9 Å². The number of aromatic nitrogens is 1. The molecule has 7 nitrogen and oxygen atoms in total. The molecule has 224 valence electrons. The zero-order chi connectivity index (χ0) is 30.5. The second-order valence-electron chi connectivity index (χ2n) is 11.0. The number of nitrogens with zero attached hydrogens (tertiary/aromatic N) is 1. The summed E-state index contributed by atoms with van der Waals surface area (Å²) in [7, 11) is 3.11. The maximum absolute atomic E-state index is 13.6. The van der Waals surface area contributed by atoms with Crippen LogP contribution < -0.4 is 10.3 Å². The Morgan fingerprint density at radius 2 is 1.70 bits per heavy atom. The molecule has 0 N–H and O–H groups in total. The smallest absolute Gasteiger partial charge is 0.337 e. The van der Waals surface area contributed by atoms with Crippen LogP contribution >= 0.6 is 0 Å². The molecule has 5 aromatic rings. The molecule has 2 atom stereocenters. The topological polar surface area (TPSA) is 76.0 Å². The van der Waals surface area contributed by atoms with Gasteiger partial charge in [0, 0.05) is 37.7 Å². The lowest BCUT2D eigenvalue weighted by Crippen LogP contribution is -2.25. The first-order chi connectivity index (χ1) is 21.5. The summed E-state index contributed by atoms with van der Waals surface area (Å²) < 4.78 is 24.5. The van der Waals surface area contributed by atoms with Crippen LogP contribution in [-0.4, -0.2) is 37.5 Å². The van der Waals surface area contributed by atoms with Gasteiger partial charge in [-0.2, -0.15) is 0 Å². The molecule has 1 aliphatic rings. The van der Waals surface area contributed by atoms with Gasteiger partial charge < -0.3 is 23.5 Å². The van der Waals surface area contributed by atoms with Crippen LogP contribution in [0, 0.1) is 0 Å². The Bertz CT molecular complexity index is 1810. The Morgan fingerprint density at radius 1 is 0.886 bits per heavy atom. The fourth-order valence-electron chi connectivity index (χ4n) is 5.78. The summed E-state index contributed by atoms with van der Waals surface area (Å²) in [5.41, 5.74) is 5.97. The van der Waals surface area contributed by atoms with E-state index in [0.717, 1.165) is 51.6 Å². The summed E-state index contributed by atoms with van der Waals surface area (Å²) in [4.78, 5) is 25.5. The average Bonchev–Trinajstić information content (AvgIpc) is 3.09. The van der Waals surface area contributed by atoms with E-state index in [0.29, 0.717) is 31.1 Å². The molecule has 1 fully saturated rings. The molecule has 1 aliphatic heterocycles. The number of carbonyl (C=O) groups is 1. The van der Waals surface area contributed by atoms with Crippen LogP contribution in [0.4, 0.5) is 0 Å². The van der Waals surface area contributed by atoms with Crippen molar-refractivity contribution in [1.29, 1.82) is 0 Å². The lowest BCUT2D eigenvalue weighted by atomic mass is 9.98. The molecule has 0 bridgehead atoms. The number of rotatable bonds is 9. The van der Waals surface area contributed by atoms with Crippen LogP contribution in [-0.2, 0) is 27.4 Å². The lowest BCUT2D eigenvalue weighted by molar-refractivity contribution is -0.0599. The van der Waals surface area contributed by atoms with Crippen LogP contribution in [0.3, 0.4) is 0 Å². The number of hydrogen-bond acceptors (Lipinski definition) is 6. The molecule has 2 heterocycles. The highest BCUT2D eigenvalue weighted by Crippen LogP contribution is 2.32. The quantitative estimate of drug-likeness (QED) is 0.173. The molecule has 6 rings (SSSR count). The normalized spacial score (nSPS) is 16.5. The van der Waals surface area contributed by atoms with Gasteiger partial charge in [-0.1, -0.05) is 60.7 Å². The van der Waals surface area contributed by atoms with Crippen molar-refractivity contribution in [1.82, 2.24) is 4.57 Å². The van der Waals surface area contributed by atoms with Crippen molar-refractivity contribution in [2.24, 2.45) is 0 Å². The highest BCUT2D eigenvalue weighted by molar-refractivity contribution is 5.95. The van der Waals surface area contributed by atoms with Crippen LogP contribution in [0.25, 0.3) is 22.0 Å². The summed E-state index contributed by atoms with van der Waals surface area (Å²) in [6.07, 6.45) is 1.95. The predicted molar refractivity (Wildman–Crippen MR) is 170 cm³/mol.